The van der Waals surface area contributed by atoms with Crippen LogP contribution < -0.4 is 4.74 Å². The van der Waals surface area contributed by atoms with Gasteiger partial charge in [0.05, 0.1) is 13.0 Å². The average Bonchev–Trinajstić information content (AvgIpc) is 3.12. The highest BCUT2D eigenvalue weighted by Gasteiger charge is 2.36. The van der Waals surface area contributed by atoms with E-state index in [4.69, 9.17) is 4.74 Å². The van der Waals surface area contributed by atoms with Crippen molar-refractivity contribution in [2.45, 2.75) is 38.7 Å². The minimum absolute atomic E-state index is 0.0408. The molecule has 5 nitrogen and oxygen atoms in total. The van der Waals surface area contributed by atoms with Gasteiger partial charge in [-0.15, -0.1) is 0 Å². The predicted molar refractivity (Wildman–Crippen MR) is 114 cm³/mol. The van der Waals surface area contributed by atoms with E-state index < -0.39 is 5.60 Å². The SMILES string of the molecule is Cc1ccc(OCC2(O)CCCN(C(=O)Cc3c[nH]c4ccccc34)C2)cc1C. The first kappa shape index (κ1) is 19.5. The van der Waals surface area contributed by atoms with Crippen LogP contribution in [0, 0.1) is 13.8 Å². The minimum atomic E-state index is -1.02. The molecule has 1 aromatic heterocycles. The maximum absolute atomic E-state index is 12.9. The van der Waals surface area contributed by atoms with Crippen LogP contribution in [0.3, 0.4) is 0 Å². The van der Waals surface area contributed by atoms with Crippen molar-refractivity contribution in [3.8, 4) is 5.75 Å². The number of aromatic amines is 1. The van der Waals surface area contributed by atoms with Gasteiger partial charge < -0.3 is 19.7 Å². The highest BCUT2D eigenvalue weighted by Crippen LogP contribution is 2.25. The molecule has 1 unspecified atom stereocenters. The molecule has 2 aromatic carbocycles. The molecule has 0 saturated carbocycles. The summed E-state index contributed by atoms with van der Waals surface area (Å²) < 4.78 is 5.88. The summed E-state index contributed by atoms with van der Waals surface area (Å²) in [5, 5.41) is 12.1. The Kier molecular flexibility index (Phi) is 5.33. The molecular formula is C24H28N2O3. The van der Waals surface area contributed by atoms with Crippen molar-refractivity contribution >= 4 is 16.8 Å². The van der Waals surface area contributed by atoms with Crippen molar-refractivity contribution in [1.82, 2.24) is 9.88 Å². The third-order valence-corrected chi connectivity index (χ3v) is 5.91. The number of likely N-dealkylation sites (tertiary alicyclic amines) is 1. The Labute approximate surface area is 171 Å². The van der Waals surface area contributed by atoms with Crippen LogP contribution >= 0.6 is 0 Å². The number of hydrogen-bond acceptors (Lipinski definition) is 3. The monoisotopic (exact) mass is 392 g/mol. The molecule has 1 atom stereocenters. The lowest BCUT2D eigenvalue weighted by molar-refractivity contribution is -0.139. The van der Waals surface area contributed by atoms with Gasteiger partial charge in [0.2, 0.25) is 5.91 Å². The summed E-state index contributed by atoms with van der Waals surface area (Å²) in [6.45, 7) is 5.27. The van der Waals surface area contributed by atoms with Crippen molar-refractivity contribution in [3.63, 3.8) is 0 Å². The van der Waals surface area contributed by atoms with Crippen LogP contribution in [0.25, 0.3) is 10.9 Å². The first-order valence-electron chi connectivity index (χ1n) is 10.2. The van der Waals surface area contributed by atoms with Crippen LogP contribution in [-0.4, -0.2) is 46.2 Å². The Morgan fingerprint density at radius 2 is 2.03 bits per heavy atom. The summed E-state index contributed by atoms with van der Waals surface area (Å²) in [4.78, 5) is 17.9. The van der Waals surface area contributed by atoms with Crippen LogP contribution in [-0.2, 0) is 11.2 Å². The number of rotatable bonds is 5. The molecule has 2 heterocycles. The van der Waals surface area contributed by atoms with E-state index in [1.54, 1.807) is 4.90 Å². The van der Waals surface area contributed by atoms with Gasteiger partial charge in [-0.05, 0) is 61.6 Å². The summed E-state index contributed by atoms with van der Waals surface area (Å²) >= 11 is 0. The molecule has 0 spiro atoms. The number of nitrogens with zero attached hydrogens (tertiary/aromatic N) is 1. The number of H-pyrrole nitrogens is 1. The molecule has 152 valence electrons. The molecule has 0 bridgehead atoms. The van der Waals surface area contributed by atoms with Gasteiger partial charge >= 0.3 is 0 Å². The molecule has 29 heavy (non-hydrogen) atoms. The molecule has 0 radical (unpaired) electrons. The molecule has 4 rings (SSSR count). The quantitative estimate of drug-likeness (QED) is 0.695. The van der Waals surface area contributed by atoms with Gasteiger partial charge in [-0.2, -0.15) is 0 Å². The van der Waals surface area contributed by atoms with E-state index in [2.05, 4.69) is 11.9 Å². The van der Waals surface area contributed by atoms with Crippen molar-refractivity contribution in [2.24, 2.45) is 0 Å². The molecule has 1 saturated heterocycles. The highest BCUT2D eigenvalue weighted by atomic mass is 16.5. The molecule has 1 aliphatic rings. The number of piperidine rings is 1. The van der Waals surface area contributed by atoms with Gasteiger partial charge in [0.1, 0.15) is 18.0 Å². The topological polar surface area (TPSA) is 65.6 Å². The normalized spacial score (nSPS) is 19.5. The third-order valence-electron chi connectivity index (χ3n) is 5.91. The molecule has 5 heteroatoms. The Morgan fingerprint density at radius 1 is 1.21 bits per heavy atom. The molecule has 2 N–H and O–H groups in total. The van der Waals surface area contributed by atoms with Crippen LogP contribution in [0.1, 0.15) is 29.5 Å². The van der Waals surface area contributed by atoms with Gasteiger partial charge in [0.25, 0.3) is 0 Å². The number of ether oxygens (including phenoxy) is 1. The summed E-state index contributed by atoms with van der Waals surface area (Å²) in [6.07, 6.45) is 3.64. The standard InChI is InChI=1S/C24H28N2O3/c1-17-8-9-20(12-18(17)2)29-16-24(28)10-5-11-26(15-24)23(27)13-19-14-25-22-7-4-3-6-21(19)22/h3-4,6-9,12,14,25,28H,5,10-11,13,15-16H2,1-2H3. The number of aryl methyl sites for hydroxylation is 2. The number of benzene rings is 2. The lowest BCUT2D eigenvalue weighted by Gasteiger charge is -2.39. The summed E-state index contributed by atoms with van der Waals surface area (Å²) in [6, 6.07) is 13.9. The van der Waals surface area contributed by atoms with E-state index >= 15 is 0 Å². The fourth-order valence-electron chi connectivity index (χ4n) is 4.02. The molecular weight excluding hydrogens is 364 g/mol. The molecule has 1 fully saturated rings. The number of carbonyl (C=O) groups excluding carboxylic acids is 1. The number of amides is 1. The zero-order chi connectivity index (χ0) is 20.4. The van der Waals surface area contributed by atoms with E-state index in [1.165, 1.54) is 5.56 Å². The van der Waals surface area contributed by atoms with Crippen LogP contribution in [0.15, 0.2) is 48.7 Å². The van der Waals surface area contributed by atoms with Gasteiger partial charge in [-0.25, -0.2) is 0 Å². The van der Waals surface area contributed by atoms with Gasteiger partial charge in [-0.1, -0.05) is 24.3 Å². The molecule has 3 aromatic rings. The second kappa shape index (κ2) is 7.91. The van der Waals surface area contributed by atoms with Crippen molar-refractivity contribution < 1.29 is 14.6 Å². The first-order chi connectivity index (χ1) is 13.9. The van der Waals surface area contributed by atoms with Crippen LogP contribution in [0.2, 0.25) is 0 Å². The third kappa shape index (κ3) is 4.30. The van der Waals surface area contributed by atoms with E-state index in [-0.39, 0.29) is 12.5 Å². The Hall–Kier alpha value is -2.79. The summed E-state index contributed by atoms with van der Waals surface area (Å²) in [7, 11) is 0. The fourth-order valence-corrected chi connectivity index (χ4v) is 4.02. The number of nitrogens with one attached hydrogen (secondary N) is 1. The smallest absolute Gasteiger partial charge is 0.227 e. The maximum Gasteiger partial charge on any atom is 0.227 e. The van der Waals surface area contributed by atoms with Crippen LogP contribution in [0.4, 0.5) is 0 Å². The maximum atomic E-state index is 12.9. The van der Waals surface area contributed by atoms with E-state index in [0.717, 1.165) is 34.2 Å². The van der Waals surface area contributed by atoms with Crippen LogP contribution in [0.5, 0.6) is 5.75 Å². The zero-order valence-electron chi connectivity index (χ0n) is 17.1. The number of aliphatic hydroxyl groups is 1. The molecule has 0 aliphatic carbocycles. The minimum Gasteiger partial charge on any atom is -0.491 e. The van der Waals surface area contributed by atoms with Gasteiger partial charge in [0, 0.05) is 23.6 Å². The zero-order valence-corrected chi connectivity index (χ0v) is 17.1. The number of fused-ring (bicyclic) bond motifs is 1. The molecule has 1 aliphatic heterocycles. The van der Waals surface area contributed by atoms with E-state index in [1.807, 2.05) is 55.6 Å². The fraction of sp³-hybridized carbons (Fsp3) is 0.375. The number of hydrogen-bond donors (Lipinski definition) is 2. The Bertz CT molecular complexity index is 1030. The van der Waals surface area contributed by atoms with E-state index in [0.29, 0.717) is 25.9 Å². The first-order valence-corrected chi connectivity index (χ1v) is 10.2. The lowest BCUT2D eigenvalue weighted by atomic mass is 9.93. The van der Waals surface area contributed by atoms with Crippen molar-refractivity contribution in [1.29, 1.82) is 0 Å². The van der Waals surface area contributed by atoms with Gasteiger partial charge in [-0.3, -0.25) is 4.79 Å². The average molecular weight is 392 g/mol. The number of carbonyl (C=O) groups is 1. The number of β-amino-alcohol motifs (C(OH)–C–C–N with tert-alkyl or cyclic N) is 1. The lowest BCUT2D eigenvalue weighted by Crippen LogP contribution is -2.53. The second-order valence-corrected chi connectivity index (χ2v) is 8.21. The van der Waals surface area contributed by atoms with Crippen molar-refractivity contribution in [3.05, 3.63) is 65.4 Å². The Balaban J connectivity index is 1.40. The Morgan fingerprint density at radius 3 is 2.86 bits per heavy atom. The predicted octanol–water partition coefficient (Wildman–Crippen LogP) is 3.76. The van der Waals surface area contributed by atoms with E-state index in [9.17, 15) is 9.90 Å². The summed E-state index contributed by atoms with van der Waals surface area (Å²) in [5.74, 6) is 0.794. The second-order valence-electron chi connectivity index (χ2n) is 8.21. The highest BCUT2D eigenvalue weighted by molar-refractivity contribution is 5.88. The summed E-state index contributed by atoms with van der Waals surface area (Å²) in [5.41, 5.74) is 3.38. The number of aromatic nitrogens is 1. The number of para-hydroxylation sites is 1. The molecule has 1 amide bonds. The largest absolute Gasteiger partial charge is 0.491 e. The van der Waals surface area contributed by atoms with Crippen molar-refractivity contribution in [2.75, 3.05) is 19.7 Å². The van der Waals surface area contributed by atoms with Gasteiger partial charge in [0.15, 0.2) is 0 Å².